The van der Waals surface area contributed by atoms with Crippen molar-refractivity contribution in [3.63, 3.8) is 0 Å². The molecule has 0 spiro atoms. The van der Waals surface area contributed by atoms with E-state index in [4.69, 9.17) is 5.26 Å². The highest BCUT2D eigenvalue weighted by molar-refractivity contribution is 5.34. The highest BCUT2D eigenvalue weighted by Crippen LogP contribution is 2.03. The first kappa shape index (κ1) is 8.54. The van der Waals surface area contributed by atoms with Gasteiger partial charge in [-0.2, -0.15) is 5.26 Å². The van der Waals surface area contributed by atoms with Crippen LogP contribution in [0.3, 0.4) is 0 Å². The summed E-state index contributed by atoms with van der Waals surface area (Å²) in [7, 11) is 0. The third-order valence-electron chi connectivity index (χ3n) is 1.68. The van der Waals surface area contributed by atoms with Crippen molar-refractivity contribution in [1.29, 1.82) is 5.26 Å². The number of nitrogens with zero attached hydrogens (tertiary/aromatic N) is 1. The van der Waals surface area contributed by atoms with E-state index in [1.54, 1.807) is 12.3 Å². The van der Waals surface area contributed by atoms with Gasteiger partial charge < -0.3 is 4.98 Å². The molecule has 1 aromatic rings. The standard InChI is InChI=1S/C9H10N2O/c1-2-3-7-4-5-11-9(12)8(7)6-10/h4-5H,2-3H2,1H3,(H,11,12). The van der Waals surface area contributed by atoms with Crippen molar-refractivity contribution in [3.8, 4) is 6.07 Å². The van der Waals surface area contributed by atoms with Gasteiger partial charge in [0.25, 0.3) is 5.56 Å². The molecule has 0 unspecified atom stereocenters. The Balaban J connectivity index is 3.21. The molecule has 0 aliphatic heterocycles. The normalized spacial score (nSPS) is 9.33. The van der Waals surface area contributed by atoms with E-state index < -0.39 is 0 Å². The predicted molar refractivity (Wildman–Crippen MR) is 45.8 cm³/mol. The van der Waals surface area contributed by atoms with Gasteiger partial charge in [0.05, 0.1) is 0 Å². The Morgan fingerprint density at radius 3 is 3.00 bits per heavy atom. The summed E-state index contributed by atoms with van der Waals surface area (Å²) >= 11 is 0. The zero-order chi connectivity index (χ0) is 8.97. The minimum Gasteiger partial charge on any atom is -0.328 e. The maximum atomic E-state index is 11.1. The summed E-state index contributed by atoms with van der Waals surface area (Å²) in [5.41, 5.74) is 0.798. The Morgan fingerprint density at radius 2 is 2.42 bits per heavy atom. The van der Waals surface area contributed by atoms with Crippen LogP contribution >= 0.6 is 0 Å². The van der Waals surface area contributed by atoms with Gasteiger partial charge in [-0.15, -0.1) is 0 Å². The van der Waals surface area contributed by atoms with Crippen molar-refractivity contribution in [1.82, 2.24) is 4.98 Å². The van der Waals surface area contributed by atoms with Gasteiger partial charge in [0.2, 0.25) is 0 Å². The zero-order valence-corrected chi connectivity index (χ0v) is 6.92. The molecule has 0 aliphatic rings. The first-order valence-electron chi connectivity index (χ1n) is 3.90. The Hall–Kier alpha value is -1.56. The summed E-state index contributed by atoms with van der Waals surface area (Å²) in [5.74, 6) is 0. The molecule has 0 radical (unpaired) electrons. The number of hydrogen-bond donors (Lipinski definition) is 1. The number of nitrogens with one attached hydrogen (secondary N) is 1. The SMILES string of the molecule is CCCc1cc[nH]c(=O)c1C#N. The molecule has 0 aliphatic carbocycles. The number of hydrogen-bond acceptors (Lipinski definition) is 2. The first-order valence-corrected chi connectivity index (χ1v) is 3.90. The lowest BCUT2D eigenvalue weighted by Crippen LogP contribution is -2.11. The predicted octanol–water partition coefficient (Wildman–Crippen LogP) is 1.20. The van der Waals surface area contributed by atoms with Crippen LogP contribution in [0.15, 0.2) is 17.1 Å². The van der Waals surface area contributed by atoms with Crippen LogP contribution in [0.4, 0.5) is 0 Å². The topological polar surface area (TPSA) is 56.6 Å². The number of aromatic amines is 1. The average Bonchev–Trinajstić information content (AvgIpc) is 2.05. The molecule has 12 heavy (non-hydrogen) atoms. The largest absolute Gasteiger partial charge is 0.328 e. The fourth-order valence-electron chi connectivity index (χ4n) is 1.12. The van der Waals surface area contributed by atoms with Crippen LogP contribution in [0.25, 0.3) is 0 Å². The molecule has 0 amide bonds. The van der Waals surface area contributed by atoms with Crippen LogP contribution < -0.4 is 5.56 Å². The molecule has 0 atom stereocenters. The number of pyridine rings is 1. The molecule has 0 bridgehead atoms. The van der Waals surface area contributed by atoms with E-state index in [1.165, 1.54) is 0 Å². The van der Waals surface area contributed by atoms with Gasteiger partial charge in [-0.25, -0.2) is 0 Å². The summed E-state index contributed by atoms with van der Waals surface area (Å²) in [6, 6.07) is 3.69. The molecule has 0 saturated carbocycles. The molecule has 1 rings (SSSR count). The number of H-pyrrole nitrogens is 1. The second-order valence-electron chi connectivity index (χ2n) is 2.57. The Labute approximate surface area is 70.7 Å². The minimum atomic E-state index is -0.288. The van der Waals surface area contributed by atoms with Crippen molar-refractivity contribution in [2.45, 2.75) is 19.8 Å². The van der Waals surface area contributed by atoms with E-state index in [0.29, 0.717) is 0 Å². The quantitative estimate of drug-likeness (QED) is 0.710. The molecule has 3 nitrogen and oxygen atoms in total. The van der Waals surface area contributed by atoms with E-state index in [-0.39, 0.29) is 11.1 Å². The summed E-state index contributed by atoms with van der Waals surface area (Å²) in [6.07, 6.45) is 3.30. The molecule has 0 aromatic carbocycles. The number of aryl methyl sites for hydroxylation is 1. The minimum absolute atomic E-state index is 0.249. The summed E-state index contributed by atoms with van der Waals surface area (Å²) in [4.78, 5) is 13.5. The molecule has 62 valence electrons. The molecule has 1 heterocycles. The second kappa shape index (κ2) is 3.72. The van der Waals surface area contributed by atoms with Crippen LogP contribution in [0, 0.1) is 11.3 Å². The van der Waals surface area contributed by atoms with Gasteiger partial charge in [-0.05, 0) is 18.1 Å². The molecule has 1 N–H and O–H groups in total. The molecule has 0 fully saturated rings. The van der Waals surface area contributed by atoms with Crippen molar-refractivity contribution in [2.75, 3.05) is 0 Å². The first-order chi connectivity index (χ1) is 5.79. The van der Waals surface area contributed by atoms with E-state index in [9.17, 15) is 4.79 Å². The lowest BCUT2D eigenvalue weighted by molar-refractivity contribution is 0.910. The smallest absolute Gasteiger partial charge is 0.266 e. The fourth-order valence-corrected chi connectivity index (χ4v) is 1.12. The van der Waals surface area contributed by atoms with Gasteiger partial charge in [-0.1, -0.05) is 13.3 Å². The summed E-state index contributed by atoms with van der Waals surface area (Å²) in [5, 5.41) is 8.66. The summed E-state index contributed by atoms with van der Waals surface area (Å²) < 4.78 is 0. The van der Waals surface area contributed by atoms with Gasteiger partial charge in [0.1, 0.15) is 11.6 Å². The van der Waals surface area contributed by atoms with Gasteiger partial charge in [-0.3, -0.25) is 4.79 Å². The number of aromatic nitrogens is 1. The van der Waals surface area contributed by atoms with Gasteiger partial charge in [0.15, 0.2) is 0 Å². The highest BCUT2D eigenvalue weighted by atomic mass is 16.1. The Morgan fingerprint density at radius 1 is 1.67 bits per heavy atom. The van der Waals surface area contributed by atoms with Gasteiger partial charge >= 0.3 is 0 Å². The third-order valence-corrected chi connectivity index (χ3v) is 1.68. The maximum Gasteiger partial charge on any atom is 0.266 e. The van der Waals surface area contributed by atoms with Crippen LogP contribution in [0.1, 0.15) is 24.5 Å². The monoisotopic (exact) mass is 162 g/mol. The lowest BCUT2D eigenvalue weighted by atomic mass is 10.1. The van der Waals surface area contributed by atoms with Crippen LogP contribution in [-0.4, -0.2) is 4.98 Å². The Kier molecular flexibility index (Phi) is 2.65. The molecule has 3 heteroatoms. The molecule has 0 saturated heterocycles. The van der Waals surface area contributed by atoms with Crippen molar-refractivity contribution < 1.29 is 0 Å². The van der Waals surface area contributed by atoms with E-state index in [0.717, 1.165) is 18.4 Å². The Bertz CT molecular complexity index is 360. The van der Waals surface area contributed by atoms with Crippen molar-refractivity contribution >= 4 is 0 Å². The van der Waals surface area contributed by atoms with Crippen LogP contribution in [-0.2, 0) is 6.42 Å². The van der Waals surface area contributed by atoms with E-state index in [1.807, 2.05) is 13.0 Å². The third kappa shape index (κ3) is 1.54. The summed E-state index contributed by atoms with van der Waals surface area (Å²) in [6.45, 7) is 2.02. The maximum absolute atomic E-state index is 11.1. The molecular formula is C9H10N2O. The average molecular weight is 162 g/mol. The van der Waals surface area contributed by atoms with Crippen LogP contribution in [0.2, 0.25) is 0 Å². The number of rotatable bonds is 2. The van der Waals surface area contributed by atoms with Crippen molar-refractivity contribution in [3.05, 3.63) is 33.7 Å². The fraction of sp³-hybridized carbons (Fsp3) is 0.333. The lowest BCUT2D eigenvalue weighted by Gasteiger charge is -1.98. The second-order valence-corrected chi connectivity index (χ2v) is 2.57. The van der Waals surface area contributed by atoms with Crippen molar-refractivity contribution in [2.24, 2.45) is 0 Å². The van der Waals surface area contributed by atoms with Gasteiger partial charge in [0, 0.05) is 6.20 Å². The van der Waals surface area contributed by atoms with E-state index in [2.05, 4.69) is 4.98 Å². The molecular weight excluding hydrogens is 152 g/mol. The highest BCUT2D eigenvalue weighted by Gasteiger charge is 2.03. The number of nitriles is 1. The zero-order valence-electron chi connectivity index (χ0n) is 6.92. The van der Waals surface area contributed by atoms with E-state index >= 15 is 0 Å². The van der Waals surface area contributed by atoms with Crippen LogP contribution in [0.5, 0.6) is 0 Å². The molecule has 1 aromatic heterocycles.